The van der Waals surface area contributed by atoms with Crippen molar-refractivity contribution in [1.82, 2.24) is 15.6 Å². The molecule has 0 unspecified atom stereocenters. The Bertz CT molecular complexity index is 633. The molecule has 0 saturated heterocycles. The molecule has 0 radical (unpaired) electrons. The largest absolute Gasteiger partial charge is 0.357 e. The molecule has 1 heterocycles. The third kappa shape index (κ3) is 5.67. The molecule has 1 aromatic heterocycles. The van der Waals surface area contributed by atoms with Crippen LogP contribution in [0.15, 0.2) is 35.5 Å². The molecule has 0 bridgehead atoms. The maximum atomic E-state index is 4.71. The molecule has 4 nitrogen and oxygen atoms in total. The maximum absolute atomic E-state index is 4.71. The average molecular weight is 331 g/mol. The summed E-state index contributed by atoms with van der Waals surface area (Å²) in [5, 5.41) is 7.86. The molecule has 0 amide bonds. The lowest BCUT2D eigenvalue weighted by atomic mass is 10.1. The third-order valence-electron chi connectivity index (χ3n) is 3.55. The highest BCUT2D eigenvalue weighted by molar-refractivity contribution is 7.11. The Hall–Kier alpha value is -1.88. The Labute approximate surface area is 143 Å². The fourth-order valence-electron chi connectivity index (χ4n) is 2.37. The van der Waals surface area contributed by atoms with Crippen LogP contribution >= 0.6 is 11.3 Å². The first kappa shape index (κ1) is 17.5. The van der Waals surface area contributed by atoms with Gasteiger partial charge in [-0.25, -0.2) is 9.98 Å². The van der Waals surface area contributed by atoms with Gasteiger partial charge in [0, 0.05) is 30.6 Å². The van der Waals surface area contributed by atoms with Crippen molar-refractivity contribution in [2.45, 2.75) is 40.2 Å². The summed E-state index contributed by atoms with van der Waals surface area (Å²) < 4.78 is 0. The summed E-state index contributed by atoms with van der Waals surface area (Å²) in [4.78, 5) is 10.4. The summed E-state index contributed by atoms with van der Waals surface area (Å²) in [7, 11) is 0. The van der Waals surface area contributed by atoms with E-state index < -0.39 is 0 Å². The van der Waals surface area contributed by atoms with Gasteiger partial charge in [-0.1, -0.05) is 31.2 Å². The fraction of sp³-hybridized carbons (Fsp3) is 0.444. The predicted molar refractivity (Wildman–Crippen MR) is 99.2 cm³/mol. The molecule has 0 fully saturated rings. The van der Waals surface area contributed by atoms with E-state index >= 15 is 0 Å². The summed E-state index contributed by atoms with van der Waals surface area (Å²) in [6.45, 7) is 8.76. The molecule has 0 aliphatic carbocycles. The first-order valence-corrected chi connectivity index (χ1v) is 9.04. The van der Waals surface area contributed by atoms with Crippen molar-refractivity contribution in [3.8, 4) is 0 Å². The van der Waals surface area contributed by atoms with E-state index in [0.717, 1.165) is 31.9 Å². The minimum absolute atomic E-state index is 0.704. The average Bonchev–Trinajstić information content (AvgIpc) is 2.98. The molecule has 124 valence electrons. The Morgan fingerprint density at radius 3 is 2.61 bits per heavy atom. The number of guanidine groups is 1. The normalized spacial score (nSPS) is 11.5. The van der Waals surface area contributed by atoms with Crippen LogP contribution < -0.4 is 10.6 Å². The van der Waals surface area contributed by atoms with E-state index in [1.54, 1.807) is 11.3 Å². The summed E-state index contributed by atoms with van der Waals surface area (Å²) >= 11 is 1.76. The van der Waals surface area contributed by atoms with Gasteiger partial charge in [0.05, 0.1) is 11.6 Å². The lowest BCUT2D eigenvalue weighted by Crippen LogP contribution is -2.38. The second-order valence-electron chi connectivity index (χ2n) is 5.36. The van der Waals surface area contributed by atoms with Crippen molar-refractivity contribution in [2.75, 3.05) is 13.1 Å². The van der Waals surface area contributed by atoms with Gasteiger partial charge in [0.1, 0.15) is 0 Å². The number of benzene rings is 1. The van der Waals surface area contributed by atoms with Crippen molar-refractivity contribution in [2.24, 2.45) is 4.99 Å². The summed E-state index contributed by atoms with van der Waals surface area (Å²) in [5.41, 5.74) is 2.66. The number of hydrogen-bond acceptors (Lipinski definition) is 3. The van der Waals surface area contributed by atoms with Crippen LogP contribution in [0.1, 0.15) is 34.9 Å². The number of thiazole rings is 1. The zero-order chi connectivity index (χ0) is 16.5. The van der Waals surface area contributed by atoms with Crippen LogP contribution in [0.3, 0.4) is 0 Å². The van der Waals surface area contributed by atoms with Crippen LogP contribution in [-0.2, 0) is 19.4 Å². The zero-order valence-corrected chi connectivity index (χ0v) is 15.0. The molecule has 2 rings (SSSR count). The molecule has 5 heteroatoms. The molecule has 0 saturated carbocycles. The number of aliphatic imine (C=N–C) groups is 1. The highest BCUT2D eigenvalue weighted by Gasteiger charge is 2.02. The third-order valence-corrected chi connectivity index (χ3v) is 4.52. The van der Waals surface area contributed by atoms with Gasteiger partial charge < -0.3 is 10.6 Å². The van der Waals surface area contributed by atoms with Crippen LogP contribution in [0.2, 0.25) is 0 Å². The Morgan fingerprint density at radius 1 is 1.17 bits per heavy atom. The topological polar surface area (TPSA) is 49.3 Å². The van der Waals surface area contributed by atoms with E-state index in [-0.39, 0.29) is 0 Å². The molecule has 0 aliphatic rings. The number of rotatable bonds is 7. The second kappa shape index (κ2) is 9.30. The molecular weight excluding hydrogens is 304 g/mol. The lowest BCUT2D eigenvalue weighted by Gasteiger charge is -2.11. The Balaban J connectivity index is 1.91. The van der Waals surface area contributed by atoms with Crippen LogP contribution in [0.5, 0.6) is 0 Å². The van der Waals surface area contributed by atoms with Crippen molar-refractivity contribution in [1.29, 1.82) is 0 Å². The highest BCUT2D eigenvalue weighted by Crippen LogP contribution is 2.11. The van der Waals surface area contributed by atoms with Gasteiger partial charge in [0.15, 0.2) is 5.96 Å². The molecular formula is C18H26N4S. The lowest BCUT2D eigenvalue weighted by molar-refractivity contribution is 0.795. The number of aromatic nitrogens is 1. The van der Waals surface area contributed by atoms with Gasteiger partial charge in [0.25, 0.3) is 0 Å². The Morgan fingerprint density at radius 2 is 1.96 bits per heavy atom. The molecule has 0 spiro atoms. The molecule has 2 aromatic rings. The summed E-state index contributed by atoms with van der Waals surface area (Å²) in [5.74, 6) is 0.867. The number of aryl methyl sites for hydroxylation is 2. The van der Waals surface area contributed by atoms with E-state index in [2.05, 4.69) is 60.7 Å². The van der Waals surface area contributed by atoms with Crippen molar-refractivity contribution in [3.63, 3.8) is 0 Å². The van der Waals surface area contributed by atoms with E-state index in [4.69, 9.17) is 4.99 Å². The fourth-order valence-corrected chi connectivity index (χ4v) is 3.15. The van der Waals surface area contributed by atoms with Gasteiger partial charge in [0.2, 0.25) is 0 Å². The van der Waals surface area contributed by atoms with Crippen LogP contribution in [0, 0.1) is 6.92 Å². The van der Waals surface area contributed by atoms with Gasteiger partial charge in [-0.3, -0.25) is 0 Å². The smallest absolute Gasteiger partial charge is 0.191 e. The van der Waals surface area contributed by atoms with Gasteiger partial charge in [-0.05, 0) is 31.4 Å². The van der Waals surface area contributed by atoms with E-state index in [9.17, 15) is 0 Å². The van der Waals surface area contributed by atoms with Crippen molar-refractivity contribution >= 4 is 17.3 Å². The van der Waals surface area contributed by atoms with Crippen LogP contribution in [0.4, 0.5) is 0 Å². The predicted octanol–water partition coefficient (Wildman–Crippen LogP) is 3.31. The Kier molecular flexibility index (Phi) is 7.07. The number of hydrogen-bond donors (Lipinski definition) is 2. The molecule has 23 heavy (non-hydrogen) atoms. The monoisotopic (exact) mass is 330 g/mol. The van der Waals surface area contributed by atoms with Crippen LogP contribution in [0.25, 0.3) is 0 Å². The van der Waals surface area contributed by atoms with Crippen LogP contribution in [-0.4, -0.2) is 24.0 Å². The minimum Gasteiger partial charge on any atom is -0.357 e. The molecule has 1 aromatic carbocycles. The van der Waals surface area contributed by atoms with Gasteiger partial charge in [-0.2, -0.15) is 0 Å². The van der Waals surface area contributed by atoms with Gasteiger partial charge in [-0.15, -0.1) is 11.3 Å². The quantitative estimate of drug-likeness (QED) is 0.605. The van der Waals surface area contributed by atoms with Crippen molar-refractivity contribution in [3.05, 3.63) is 51.5 Å². The molecule has 0 aliphatic heterocycles. The maximum Gasteiger partial charge on any atom is 0.191 e. The van der Waals surface area contributed by atoms with Gasteiger partial charge >= 0.3 is 0 Å². The molecule has 2 N–H and O–H groups in total. The SMILES string of the molecule is CCNC(=NCc1ccccc1CC)NCCc1ncc(C)s1. The number of nitrogens with zero attached hydrogens (tertiary/aromatic N) is 2. The van der Waals surface area contributed by atoms with E-state index in [0.29, 0.717) is 6.54 Å². The summed E-state index contributed by atoms with van der Waals surface area (Å²) in [6, 6.07) is 8.50. The first-order valence-electron chi connectivity index (χ1n) is 8.23. The first-order chi connectivity index (χ1) is 11.2. The standard InChI is InChI=1S/C18H26N4S/c1-4-15-8-6-7-9-16(15)13-22-18(19-5-2)20-11-10-17-21-12-14(3)23-17/h6-9,12H,4-5,10-11,13H2,1-3H3,(H2,19,20,22). The highest BCUT2D eigenvalue weighted by atomic mass is 32.1. The van der Waals surface area contributed by atoms with E-state index in [1.807, 2.05) is 6.20 Å². The molecule has 0 atom stereocenters. The van der Waals surface area contributed by atoms with E-state index in [1.165, 1.54) is 21.0 Å². The van der Waals surface area contributed by atoms with Crippen molar-refractivity contribution < 1.29 is 0 Å². The minimum atomic E-state index is 0.704. The second-order valence-corrected chi connectivity index (χ2v) is 6.68. The zero-order valence-electron chi connectivity index (χ0n) is 14.2. The number of nitrogens with one attached hydrogen (secondary N) is 2. The summed E-state index contributed by atoms with van der Waals surface area (Å²) in [6.07, 6.45) is 3.90.